The summed E-state index contributed by atoms with van der Waals surface area (Å²) in [5.74, 6) is -9.37. The number of carbonyl (C=O) groups is 10. The topological polar surface area (TPSA) is 369 Å². The molecule has 2 amide bonds. The van der Waals surface area contributed by atoms with Crippen LogP contribution < -0.4 is 26.6 Å². The van der Waals surface area contributed by atoms with Crippen LogP contribution in [0.15, 0.2) is 0 Å². The van der Waals surface area contributed by atoms with Gasteiger partial charge in [-0.05, 0) is 32.2 Å². The maximum Gasteiger partial charge on any atom is 0.321 e. The molecule has 0 heterocycles. The normalized spacial score (nSPS) is 11.9. The molecular formula is C68H126N8O18. The highest BCUT2D eigenvalue weighted by Crippen LogP contribution is 2.23. The first kappa shape index (κ1) is 88.5. The number of carboxylic acid groups (broad SMARTS) is 5. The molecule has 1 unspecified atom stereocenters. The van der Waals surface area contributed by atoms with Crippen molar-refractivity contribution in [2.45, 2.75) is 245 Å². The lowest BCUT2D eigenvalue weighted by Crippen LogP contribution is -2.51. The predicted octanol–water partition coefficient (Wildman–Crippen LogP) is 7.62. The molecule has 0 aliphatic rings. The van der Waals surface area contributed by atoms with E-state index in [1.807, 2.05) is 0 Å². The number of nitrogens with zero attached hydrogens (tertiary/aromatic N) is 3. The average molecular weight is 1340 g/mol. The first-order chi connectivity index (χ1) is 45.2. The highest BCUT2D eigenvalue weighted by Gasteiger charge is 2.43. The summed E-state index contributed by atoms with van der Waals surface area (Å²) < 4.78 is 16.9. The lowest BCUT2D eigenvalue weighted by molar-refractivity contribution is -0.167. The van der Waals surface area contributed by atoms with Crippen molar-refractivity contribution >= 4 is 59.6 Å². The van der Waals surface area contributed by atoms with Crippen molar-refractivity contribution in [3.05, 3.63) is 0 Å². The number of nitrogens with one attached hydrogen (secondary N) is 5. The molecule has 1 atom stereocenters. The van der Waals surface area contributed by atoms with Gasteiger partial charge in [0, 0.05) is 91.8 Å². The quantitative estimate of drug-likeness (QED) is 0.0159. The van der Waals surface area contributed by atoms with E-state index >= 15 is 0 Å². The minimum absolute atomic E-state index is 0.159. The van der Waals surface area contributed by atoms with Crippen LogP contribution in [-0.4, -0.2) is 230 Å². The van der Waals surface area contributed by atoms with Crippen molar-refractivity contribution in [1.82, 2.24) is 41.3 Å². The van der Waals surface area contributed by atoms with Gasteiger partial charge in [-0.25, -0.2) is 0 Å². The fourth-order valence-electron chi connectivity index (χ4n) is 10.8. The molecule has 0 aromatic heterocycles. The van der Waals surface area contributed by atoms with E-state index in [0.717, 1.165) is 87.1 Å². The minimum atomic E-state index is -1.62. The van der Waals surface area contributed by atoms with Gasteiger partial charge in [0.2, 0.25) is 11.8 Å². The Morgan fingerprint density at radius 3 is 1.04 bits per heavy atom. The van der Waals surface area contributed by atoms with Crippen LogP contribution in [0.4, 0.5) is 0 Å². The summed E-state index contributed by atoms with van der Waals surface area (Å²) in [7, 11) is 0. The van der Waals surface area contributed by atoms with Crippen LogP contribution >= 0.6 is 0 Å². The van der Waals surface area contributed by atoms with Gasteiger partial charge in [-0.15, -0.1) is 0 Å². The third kappa shape index (κ3) is 54.7. The van der Waals surface area contributed by atoms with E-state index in [9.17, 15) is 73.5 Å². The fourth-order valence-corrected chi connectivity index (χ4v) is 10.8. The Morgan fingerprint density at radius 1 is 0.372 bits per heavy atom. The number of carbonyl (C=O) groups excluding carboxylic acids is 5. The maximum atomic E-state index is 14.1. The van der Waals surface area contributed by atoms with Crippen molar-refractivity contribution in [3.8, 4) is 0 Å². The Balaban J connectivity index is 4.99. The molecule has 546 valence electrons. The lowest BCUT2D eigenvalue weighted by Gasteiger charge is -2.32. The average Bonchev–Trinajstić information content (AvgIpc) is 0.904. The van der Waals surface area contributed by atoms with Gasteiger partial charge in [-0.3, -0.25) is 62.6 Å². The molecule has 0 aromatic carbocycles. The highest BCUT2D eigenvalue weighted by molar-refractivity contribution is 5.85. The van der Waals surface area contributed by atoms with Crippen molar-refractivity contribution < 1.29 is 87.7 Å². The van der Waals surface area contributed by atoms with Gasteiger partial charge in [0.15, 0.2) is 5.41 Å². The molecule has 94 heavy (non-hydrogen) atoms. The minimum Gasteiger partial charge on any atom is -0.480 e. The summed E-state index contributed by atoms with van der Waals surface area (Å²) in [5, 5.41) is 62.7. The Hall–Kier alpha value is -5.54. The molecule has 0 aliphatic carbocycles. The maximum absolute atomic E-state index is 14.1. The number of hydrogen-bond donors (Lipinski definition) is 10. The number of esters is 3. The zero-order chi connectivity index (χ0) is 69.7. The molecule has 26 nitrogen and oxygen atoms in total. The van der Waals surface area contributed by atoms with E-state index in [1.165, 1.54) is 127 Å². The molecule has 0 bridgehead atoms. The van der Waals surface area contributed by atoms with Crippen LogP contribution in [0.25, 0.3) is 0 Å². The predicted molar refractivity (Wildman–Crippen MR) is 360 cm³/mol. The van der Waals surface area contributed by atoms with Crippen LogP contribution in [-0.2, 0) is 62.2 Å². The molecule has 0 spiro atoms. The molecule has 0 aliphatic heterocycles. The monoisotopic (exact) mass is 1340 g/mol. The van der Waals surface area contributed by atoms with Gasteiger partial charge in [-0.2, -0.15) is 0 Å². The highest BCUT2D eigenvalue weighted by atomic mass is 16.6. The summed E-state index contributed by atoms with van der Waals surface area (Å²) in [5.41, 5.74) is -1.62. The summed E-state index contributed by atoms with van der Waals surface area (Å²) >= 11 is 0. The molecule has 10 N–H and O–H groups in total. The number of carboxylic acids is 5. The second kappa shape index (κ2) is 61.1. The van der Waals surface area contributed by atoms with Gasteiger partial charge >= 0.3 is 47.8 Å². The largest absolute Gasteiger partial charge is 0.480 e. The molecule has 0 saturated heterocycles. The number of aliphatic carboxylic acids is 5. The van der Waals surface area contributed by atoms with Crippen LogP contribution in [0.3, 0.4) is 0 Å². The van der Waals surface area contributed by atoms with Gasteiger partial charge in [-0.1, -0.05) is 187 Å². The van der Waals surface area contributed by atoms with Crippen LogP contribution in [0.2, 0.25) is 0 Å². The first-order valence-electron chi connectivity index (χ1n) is 35.7. The van der Waals surface area contributed by atoms with Gasteiger partial charge in [0.25, 0.3) is 0 Å². The van der Waals surface area contributed by atoms with Crippen LogP contribution in [0.5, 0.6) is 0 Å². The summed E-state index contributed by atoms with van der Waals surface area (Å²) in [6, 6.07) is -1.49. The van der Waals surface area contributed by atoms with Crippen molar-refractivity contribution in [3.63, 3.8) is 0 Å². The molecule has 26 heteroatoms. The van der Waals surface area contributed by atoms with E-state index < -0.39 is 123 Å². The van der Waals surface area contributed by atoms with Crippen LogP contribution in [0, 0.1) is 5.41 Å². The zero-order valence-electron chi connectivity index (χ0n) is 57.9. The van der Waals surface area contributed by atoms with Crippen molar-refractivity contribution in [1.29, 1.82) is 0 Å². The SMILES string of the molecule is CCCCCCCCCCCCCCCC(=O)OCC(COC(C)=O)(COC(=O)CCCCCCCCCCCCCCC)C(=O)NCCCCCCCNCCNCCNCCNC(=O)CC(C(=O)O)N(CCN(CC(=O)O)CC(=O)O)CCN(CC(=O)O)CC(=O)O. The molecule has 0 rings (SSSR count). The van der Waals surface area contributed by atoms with E-state index in [0.29, 0.717) is 52.0 Å². The van der Waals surface area contributed by atoms with Gasteiger partial charge in [0.1, 0.15) is 25.9 Å². The van der Waals surface area contributed by atoms with E-state index in [2.05, 4.69) is 40.4 Å². The second-order valence-corrected chi connectivity index (χ2v) is 25.1. The summed E-state index contributed by atoms with van der Waals surface area (Å²) in [4.78, 5) is 127. The standard InChI is InChI=1S/C68H126N8O18/c1-4-6-8-10-12-14-16-18-20-22-24-27-31-35-64(87)93-55-68(54-92-57(3)77,56-94-65(88)36-32-28-25-23-21-19-17-15-13-11-9-7-5-2)67(91)73-38-34-30-26-29-33-37-69-39-40-70-41-42-71-43-44-72-59(78)49-58(66(89)90)76(47-45-74(50-60(79)80)51-61(81)82)48-46-75(52-62(83)84)53-63(85)86/h58,69-71H,4-56H2,1-3H3,(H,72,78)(H,73,91)(H,79,80)(H,81,82)(H,83,84)(H,85,86)(H,89,90). The van der Waals surface area contributed by atoms with Crippen molar-refractivity contribution in [2.75, 3.05) is 125 Å². The number of unbranched alkanes of at least 4 members (excludes halogenated alkanes) is 28. The lowest BCUT2D eigenvalue weighted by atomic mass is 9.89. The number of rotatable bonds is 70. The number of hydrogen-bond acceptors (Lipinski definition) is 19. The van der Waals surface area contributed by atoms with Gasteiger partial charge < -0.3 is 66.3 Å². The molecule has 0 radical (unpaired) electrons. The molecular weight excluding hydrogens is 1220 g/mol. The zero-order valence-corrected chi connectivity index (χ0v) is 57.9. The number of amides is 2. The van der Waals surface area contributed by atoms with E-state index in [-0.39, 0.29) is 45.6 Å². The molecule has 0 aromatic rings. The third-order valence-corrected chi connectivity index (χ3v) is 16.4. The third-order valence-electron chi connectivity index (χ3n) is 16.4. The Bertz CT molecular complexity index is 1920. The fraction of sp³-hybridized carbons (Fsp3) is 0.853. The Morgan fingerprint density at radius 2 is 0.691 bits per heavy atom. The summed E-state index contributed by atoms with van der Waals surface area (Å²) in [6.45, 7) is 5.19. The molecule has 0 fully saturated rings. The number of ether oxygens (including phenoxy) is 3. The Labute approximate surface area is 561 Å². The van der Waals surface area contributed by atoms with Gasteiger partial charge in [0.05, 0.1) is 32.6 Å². The second-order valence-electron chi connectivity index (χ2n) is 25.1. The first-order valence-corrected chi connectivity index (χ1v) is 35.7. The van der Waals surface area contributed by atoms with Crippen LogP contribution in [0.1, 0.15) is 239 Å². The summed E-state index contributed by atoms with van der Waals surface area (Å²) in [6.07, 6.45) is 34.8. The molecule has 0 saturated carbocycles. The smallest absolute Gasteiger partial charge is 0.321 e. The van der Waals surface area contributed by atoms with E-state index in [1.54, 1.807) is 0 Å². The Kier molecular flexibility index (Phi) is 57.5. The van der Waals surface area contributed by atoms with E-state index in [4.69, 9.17) is 14.2 Å². The van der Waals surface area contributed by atoms with Crippen molar-refractivity contribution in [2.24, 2.45) is 5.41 Å².